The van der Waals surface area contributed by atoms with E-state index in [1.54, 1.807) is 0 Å². The zero-order valence-corrected chi connectivity index (χ0v) is 8.87. The molecule has 1 aromatic heterocycles. The van der Waals surface area contributed by atoms with E-state index in [2.05, 4.69) is 25.9 Å². The molecular formula is C10H18N2O. The third-order valence-electron chi connectivity index (χ3n) is 1.93. The van der Waals surface area contributed by atoms with E-state index in [-0.39, 0.29) is 0 Å². The molecule has 0 amide bonds. The van der Waals surface area contributed by atoms with Gasteiger partial charge >= 0.3 is 0 Å². The molecule has 0 spiro atoms. The third kappa shape index (κ3) is 2.23. The molecule has 0 radical (unpaired) electrons. The highest BCUT2D eigenvalue weighted by Crippen LogP contribution is 2.24. The van der Waals surface area contributed by atoms with Gasteiger partial charge in [-0.05, 0) is 13.8 Å². The lowest BCUT2D eigenvalue weighted by Crippen LogP contribution is -1.97. The molecule has 1 heterocycles. The predicted octanol–water partition coefficient (Wildman–Crippen LogP) is 2.43. The molecule has 1 rings (SSSR count). The maximum atomic E-state index is 5.50. The van der Waals surface area contributed by atoms with Crippen molar-refractivity contribution in [2.24, 2.45) is 0 Å². The van der Waals surface area contributed by atoms with Crippen LogP contribution in [0.4, 0.5) is 0 Å². The summed E-state index contributed by atoms with van der Waals surface area (Å²) in [5.74, 6) is 1.36. The molecule has 0 bridgehead atoms. The molecule has 0 aliphatic carbocycles. The van der Waals surface area contributed by atoms with Gasteiger partial charge in [0.25, 0.3) is 0 Å². The highest BCUT2D eigenvalue weighted by atomic mass is 16.5. The van der Waals surface area contributed by atoms with E-state index < -0.39 is 0 Å². The number of nitrogens with zero attached hydrogens (tertiary/aromatic N) is 2. The summed E-state index contributed by atoms with van der Waals surface area (Å²) in [4.78, 5) is 0. The van der Waals surface area contributed by atoms with Gasteiger partial charge in [0.1, 0.15) is 5.69 Å². The second-order valence-corrected chi connectivity index (χ2v) is 3.32. The monoisotopic (exact) mass is 182 g/mol. The zero-order chi connectivity index (χ0) is 9.84. The number of ether oxygens (including phenoxy) is 1. The van der Waals surface area contributed by atoms with Crippen LogP contribution in [-0.2, 0) is 6.54 Å². The third-order valence-corrected chi connectivity index (χ3v) is 1.93. The molecule has 13 heavy (non-hydrogen) atoms. The van der Waals surface area contributed by atoms with E-state index in [1.165, 1.54) is 0 Å². The Morgan fingerprint density at radius 1 is 1.46 bits per heavy atom. The van der Waals surface area contributed by atoms with E-state index in [1.807, 2.05) is 17.8 Å². The van der Waals surface area contributed by atoms with Crippen LogP contribution in [0.2, 0.25) is 0 Å². The Morgan fingerprint density at radius 3 is 2.62 bits per heavy atom. The van der Waals surface area contributed by atoms with Gasteiger partial charge in [0.15, 0.2) is 5.75 Å². The zero-order valence-electron chi connectivity index (χ0n) is 8.87. The van der Waals surface area contributed by atoms with Crippen molar-refractivity contribution in [2.75, 3.05) is 6.61 Å². The van der Waals surface area contributed by atoms with Crippen molar-refractivity contribution in [1.29, 1.82) is 0 Å². The van der Waals surface area contributed by atoms with E-state index in [0.717, 1.165) is 18.0 Å². The first-order valence-electron chi connectivity index (χ1n) is 4.89. The summed E-state index contributed by atoms with van der Waals surface area (Å²) in [5.41, 5.74) is 1.06. The van der Waals surface area contributed by atoms with Crippen LogP contribution >= 0.6 is 0 Å². The van der Waals surface area contributed by atoms with Gasteiger partial charge < -0.3 is 4.74 Å². The largest absolute Gasteiger partial charge is 0.490 e. The molecule has 74 valence electrons. The minimum Gasteiger partial charge on any atom is -0.490 e. The van der Waals surface area contributed by atoms with Crippen LogP contribution in [0.25, 0.3) is 0 Å². The summed E-state index contributed by atoms with van der Waals surface area (Å²) < 4.78 is 7.41. The van der Waals surface area contributed by atoms with Crippen LogP contribution in [0.3, 0.4) is 0 Å². The second kappa shape index (κ2) is 4.30. The molecule has 0 fully saturated rings. The van der Waals surface area contributed by atoms with Crippen molar-refractivity contribution in [3.8, 4) is 5.75 Å². The van der Waals surface area contributed by atoms with Gasteiger partial charge in [-0.2, -0.15) is 5.10 Å². The van der Waals surface area contributed by atoms with Crippen LogP contribution in [0.1, 0.15) is 39.3 Å². The molecule has 0 unspecified atom stereocenters. The molecule has 0 saturated heterocycles. The van der Waals surface area contributed by atoms with Crippen LogP contribution in [0, 0.1) is 0 Å². The minimum atomic E-state index is 0.425. The first-order valence-corrected chi connectivity index (χ1v) is 4.89. The summed E-state index contributed by atoms with van der Waals surface area (Å²) in [6, 6.07) is 0. The van der Waals surface area contributed by atoms with E-state index >= 15 is 0 Å². The summed E-state index contributed by atoms with van der Waals surface area (Å²) in [7, 11) is 0. The fraction of sp³-hybridized carbons (Fsp3) is 0.700. The molecule has 3 nitrogen and oxygen atoms in total. The van der Waals surface area contributed by atoms with Gasteiger partial charge in [-0.15, -0.1) is 0 Å². The summed E-state index contributed by atoms with van der Waals surface area (Å²) in [6.07, 6.45) is 1.97. The van der Waals surface area contributed by atoms with Crippen LogP contribution in [0.15, 0.2) is 6.20 Å². The molecule has 1 aromatic rings. The molecule has 0 aliphatic heterocycles. The van der Waals surface area contributed by atoms with Gasteiger partial charge in [-0.25, -0.2) is 0 Å². The summed E-state index contributed by atoms with van der Waals surface area (Å²) in [5, 5.41) is 4.44. The van der Waals surface area contributed by atoms with Gasteiger partial charge in [0.05, 0.1) is 12.8 Å². The van der Waals surface area contributed by atoms with Gasteiger partial charge in [0.2, 0.25) is 0 Å². The quantitative estimate of drug-likeness (QED) is 0.715. The number of aromatic nitrogens is 2. The number of hydrogen-bond acceptors (Lipinski definition) is 2. The number of hydrogen-bond donors (Lipinski definition) is 0. The smallest absolute Gasteiger partial charge is 0.160 e. The average Bonchev–Trinajstić information content (AvgIpc) is 2.48. The fourth-order valence-corrected chi connectivity index (χ4v) is 1.25. The van der Waals surface area contributed by atoms with E-state index in [9.17, 15) is 0 Å². The molecule has 0 aromatic carbocycles. The van der Waals surface area contributed by atoms with Gasteiger partial charge in [-0.1, -0.05) is 13.8 Å². The molecule has 0 aliphatic rings. The Hall–Kier alpha value is -0.990. The maximum Gasteiger partial charge on any atom is 0.160 e. The first-order chi connectivity index (χ1) is 6.19. The van der Waals surface area contributed by atoms with Crippen LogP contribution in [0.5, 0.6) is 5.75 Å². The fourth-order valence-electron chi connectivity index (χ4n) is 1.25. The highest BCUT2D eigenvalue weighted by molar-refractivity contribution is 5.27. The van der Waals surface area contributed by atoms with Crippen molar-refractivity contribution >= 4 is 0 Å². The maximum absolute atomic E-state index is 5.50. The van der Waals surface area contributed by atoms with E-state index in [0.29, 0.717) is 12.5 Å². The first kappa shape index (κ1) is 10.1. The normalized spacial score (nSPS) is 10.8. The number of rotatable bonds is 4. The van der Waals surface area contributed by atoms with Gasteiger partial charge in [0, 0.05) is 12.5 Å². The van der Waals surface area contributed by atoms with Crippen LogP contribution < -0.4 is 4.74 Å². The predicted molar refractivity (Wildman–Crippen MR) is 53.2 cm³/mol. The van der Waals surface area contributed by atoms with Crippen molar-refractivity contribution in [1.82, 2.24) is 9.78 Å². The molecule has 0 saturated carbocycles. The second-order valence-electron chi connectivity index (χ2n) is 3.32. The molecular weight excluding hydrogens is 164 g/mol. The minimum absolute atomic E-state index is 0.425. The standard InChI is InChI=1S/C10H18N2O/c1-5-12-7-9(13-6-2)10(11-12)8(3)4/h7-8H,5-6H2,1-4H3. The molecule has 3 heteroatoms. The van der Waals surface area contributed by atoms with Gasteiger partial charge in [-0.3, -0.25) is 4.68 Å². The lowest BCUT2D eigenvalue weighted by Gasteiger charge is -2.04. The Balaban J connectivity index is 2.93. The highest BCUT2D eigenvalue weighted by Gasteiger charge is 2.12. The Morgan fingerprint density at radius 2 is 2.15 bits per heavy atom. The van der Waals surface area contributed by atoms with Crippen molar-refractivity contribution in [2.45, 2.75) is 40.2 Å². The van der Waals surface area contributed by atoms with Crippen LogP contribution in [-0.4, -0.2) is 16.4 Å². The Bertz CT molecular complexity index is 266. The Kier molecular flexibility index (Phi) is 3.34. The van der Waals surface area contributed by atoms with E-state index in [4.69, 9.17) is 4.74 Å². The topological polar surface area (TPSA) is 27.1 Å². The lowest BCUT2D eigenvalue weighted by molar-refractivity contribution is 0.335. The number of aryl methyl sites for hydroxylation is 1. The molecule has 0 atom stereocenters. The molecule has 0 N–H and O–H groups in total. The lowest BCUT2D eigenvalue weighted by atomic mass is 10.1. The SMILES string of the molecule is CCOc1cn(CC)nc1C(C)C. The van der Waals surface area contributed by atoms with Crippen molar-refractivity contribution < 1.29 is 4.74 Å². The van der Waals surface area contributed by atoms with Crippen molar-refractivity contribution in [3.63, 3.8) is 0 Å². The summed E-state index contributed by atoms with van der Waals surface area (Å²) in [6.45, 7) is 9.93. The summed E-state index contributed by atoms with van der Waals surface area (Å²) >= 11 is 0. The Labute approximate surface area is 79.7 Å². The van der Waals surface area contributed by atoms with Crippen molar-refractivity contribution in [3.05, 3.63) is 11.9 Å². The average molecular weight is 182 g/mol.